The Morgan fingerprint density at radius 1 is 1.29 bits per heavy atom. The lowest BCUT2D eigenvalue weighted by Crippen LogP contribution is -2.37. The van der Waals surface area contributed by atoms with Crippen molar-refractivity contribution in [2.75, 3.05) is 23.9 Å². The predicted octanol–water partition coefficient (Wildman–Crippen LogP) is 1.86. The van der Waals surface area contributed by atoms with Crippen molar-refractivity contribution < 1.29 is 0 Å². The number of H-pyrrole nitrogens is 1. The standard InChI is InChI=1S/C14H26N4O2S/c1-5-8-18-11(15)10(12(19)17-13(18)20)16-9-14(6-2,7-3)21-4/h16H,5-9,15H2,1-4H3,(H,17,19,20). The second kappa shape index (κ2) is 7.59. The number of nitrogen functional groups attached to an aromatic ring is 1. The summed E-state index contributed by atoms with van der Waals surface area (Å²) >= 11 is 1.78. The van der Waals surface area contributed by atoms with Gasteiger partial charge in [0.1, 0.15) is 11.5 Å². The van der Waals surface area contributed by atoms with Crippen molar-refractivity contribution in [1.82, 2.24) is 9.55 Å². The first-order valence-corrected chi connectivity index (χ1v) is 8.58. The van der Waals surface area contributed by atoms with Gasteiger partial charge in [0.15, 0.2) is 0 Å². The monoisotopic (exact) mass is 314 g/mol. The molecule has 0 aliphatic heterocycles. The SMILES string of the molecule is CCCn1c(N)c(NCC(CC)(CC)SC)c(=O)[nH]c1=O. The molecule has 0 aliphatic carbocycles. The van der Waals surface area contributed by atoms with Crippen LogP contribution in [0.25, 0.3) is 0 Å². The smallest absolute Gasteiger partial charge is 0.330 e. The Morgan fingerprint density at radius 2 is 1.90 bits per heavy atom. The maximum Gasteiger partial charge on any atom is 0.330 e. The second-order valence-electron chi connectivity index (χ2n) is 5.12. The van der Waals surface area contributed by atoms with Gasteiger partial charge in [-0.15, -0.1) is 0 Å². The van der Waals surface area contributed by atoms with Crippen molar-refractivity contribution in [3.63, 3.8) is 0 Å². The van der Waals surface area contributed by atoms with Gasteiger partial charge in [-0.2, -0.15) is 11.8 Å². The van der Waals surface area contributed by atoms with Crippen LogP contribution in [0, 0.1) is 0 Å². The van der Waals surface area contributed by atoms with E-state index in [9.17, 15) is 9.59 Å². The molecule has 1 rings (SSSR count). The quantitative estimate of drug-likeness (QED) is 0.681. The van der Waals surface area contributed by atoms with Crippen molar-refractivity contribution in [3.05, 3.63) is 20.8 Å². The summed E-state index contributed by atoms with van der Waals surface area (Å²) in [7, 11) is 0. The van der Waals surface area contributed by atoms with E-state index in [0.29, 0.717) is 18.8 Å². The molecule has 0 aromatic carbocycles. The second-order valence-corrected chi connectivity index (χ2v) is 6.39. The Morgan fingerprint density at radius 3 is 2.38 bits per heavy atom. The van der Waals surface area contributed by atoms with E-state index < -0.39 is 11.2 Å². The maximum absolute atomic E-state index is 12.0. The molecule has 0 saturated heterocycles. The van der Waals surface area contributed by atoms with E-state index in [1.54, 1.807) is 11.8 Å². The number of thioether (sulfide) groups is 1. The number of aromatic nitrogens is 2. The molecule has 120 valence electrons. The number of anilines is 2. The Hall–Kier alpha value is -1.37. The number of nitrogens with zero attached hydrogens (tertiary/aromatic N) is 1. The molecule has 7 heteroatoms. The molecule has 4 N–H and O–H groups in total. The third kappa shape index (κ3) is 3.84. The van der Waals surface area contributed by atoms with Crippen LogP contribution in [0.4, 0.5) is 11.5 Å². The fourth-order valence-electron chi connectivity index (χ4n) is 2.31. The summed E-state index contributed by atoms with van der Waals surface area (Å²) in [6.45, 7) is 7.35. The van der Waals surface area contributed by atoms with Crippen LogP contribution in [0.15, 0.2) is 9.59 Å². The normalized spacial score (nSPS) is 11.6. The van der Waals surface area contributed by atoms with Gasteiger partial charge in [0, 0.05) is 17.8 Å². The molecule has 1 aromatic heterocycles. The van der Waals surface area contributed by atoms with Crippen molar-refractivity contribution in [2.45, 2.75) is 51.3 Å². The molecule has 1 heterocycles. The number of aromatic amines is 1. The third-order valence-corrected chi connectivity index (χ3v) is 5.58. The Labute approximate surface area is 129 Å². The molecule has 0 atom stereocenters. The van der Waals surface area contributed by atoms with Gasteiger partial charge in [-0.25, -0.2) is 4.79 Å². The minimum atomic E-state index is -0.452. The van der Waals surface area contributed by atoms with E-state index in [1.807, 2.05) is 6.92 Å². The summed E-state index contributed by atoms with van der Waals surface area (Å²) in [5.41, 5.74) is 5.39. The number of hydrogen-bond donors (Lipinski definition) is 3. The number of rotatable bonds is 8. The van der Waals surface area contributed by atoms with E-state index in [2.05, 4.69) is 30.4 Å². The Kier molecular flexibility index (Phi) is 6.39. The zero-order valence-electron chi connectivity index (χ0n) is 13.3. The van der Waals surface area contributed by atoms with Crippen LogP contribution >= 0.6 is 11.8 Å². The van der Waals surface area contributed by atoms with Crippen molar-refractivity contribution >= 4 is 23.3 Å². The highest BCUT2D eigenvalue weighted by molar-refractivity contribution is 8.00. The minimum Gasteiger partial charge on any atom is -0.383 e. The lowest BCUT2D eigenvalue weighted by atomic mass is 10.0. The molecule has 0 fully saturated rings. The molecule has 0 spiro atoms. The number of nitrogens with two attached hydrogens (primary N) is 1. The molecule has 0 radical (unpaired) electrons. The van der Waals surface area contributed by atoms with Crippen molar-refractivity contribution in [3.8, 4) is 0 Å². The van der Waals surface area contributed by atoms with Crippen LogP contribution < -0.4 is 22.3 Å². The van der Waals surface area contributed by atoms with Gasteiger partial charge in [-0.3, -0.25) is 14.3 Å². The average molecular weight is 314 g/mol. The van der Waals surface area contributed by atoms with Crippen molar-refractivity contribution in [2.24, 2.45) is 0 Å². The molecule has 21 heavy (non-hydrogen) atoms. The highest BCUT2D eigenvalue weighted by atomic mass is 32.2. The van der Waals surface area contributed by atoms with E-state index in [1.165, 1.54) is 4.57 Å². The molecular formula is C14H26N4O2S. The lowest BCUT2D eigenvalue weighted by molar-refractivity contribution is 0.573. The van der Waals surface area contributed by atoms with Gasteiger partial charge in [0.05, 0.1) is 0 Å². The summed E-state index contributed by atoms with van der Waals surface area (Å²) in [4.78, 5) is 26.1. The Balaban J connectivity index is 3.12. The zero-order valence-corrected chi connectivity index (χ0v) is 14.1. The maximum atomic E-state index is 12.0. The van der Waals surface area contributed by atoms with Crippen LogP contribution in [-0.2, 0) is 6.54 Å². The number of hydrogen-bond acceptors (Lipinski definition) is 5. The van der Waals surface area contributed by atoms with Gasteiger partial charge in [0.25, 0.3) is 5.56 Å². The summed E-state index contributed by atoms with van der Waals surface area (Å²) in [6, 6.07) is 0. The van der Waals surface area contributed by atoms with Crippen LogP contribution in [0.1, 0.15) is 40.0 Å². The summed E-state index contributed by atoms with van der Waals surface area (Å²) in [5.74, 6) is 0.216. The van der Waals surface area contributed by atoms with E-state index in [0.717, 1.165) is 19.3 Å². The molecule has 6 nitrogen and oxygen atoms in total. The first-order valence-electron chi connectivity index (χ1n) is 7.36. The van der Waals surface area contributed by atoms with Crippen LogP contribution in [0.5, 0.6) is 0 Å². The Bertz CT molecular complexity index is 567. The van der Waals surface area contributed by atoms with E-state index >= 15 is 0 Å². The fourth-order valence-corrected chi connectivity index (χ4v) is 3.11. The highest BCUT2D eigenvalue weighted by Crippen LogP contribution is 2.30. The van der Waals surface area contributed by atoms with Crippen LogP contribution in [0.3, 0.4) is 0 Å². The first-order chi connectivity index (χ1) is 9.94. The molecule has 0 bridgehead atoms. The minimum absolute atomic E-state index is 0.0601. The van der Waals surface area contributed by atoms with Gasteiger partial charge in [-0.05, 0) is 25.5 Å². The molecule has 0 aliphatic rings. The third-order valence-electron chi connectivity index (χ3n) is 4.00. The van der Waals surface area contributed by atoms with Gasteiger partial charge < -0.3 is 11.1 Å². The van der Waals surface area contributed by atoms with Gasteiger partial charge >= 0.3 is 5.69 Å². The van der Waals surface area contributed by atoms with Gasteiger partial charge in [-0.1, -0.05) is 20.8 Å². The molecule has 0 unspecified atom stereocenters. The topological polar surface area (TPSA) is 92.9 Å². The average Bonchev–Trinajstić information content (AvgIpc) is 2.48. The first kappa shape index (κ1) is 17.7. The van der Waals surface area contributed by atoms with E-state index in [-0.39, 0.29) is 10.6 Å². The summed E-state index contributed by atoms with van der Waals surface area (Å²) < 4.78 is 1.47. The fraction of sp³-hybridized carbons (Fsp3) is 0.714. The number of nitrogens with one attached hydrogen (secondary N) is 2. The lowest BCUT2D eigenvalue weighted by Gasteiger charge is -2.30. The molecular weight excluding hydrogens is 288 g/mol. The highest BCUT2D eigenvalue weighted by Gasteiger charge is 2.25. The summed E-state index contributed by atoms with van der Waals surface area (Å²) in [6.07, 6.45) is 4.82. The van der Waals surface area contributed by atoms with E-state index in [4.69, 9.17) is 5.73 Å². The van der Waals surface area contributed by atoms with Crippen LogP contribution in [-0.4, -0.2) is 27.1 Å². The van der Waals surface area contributed by atoms with Crippen molar-refractivity contribution in [1.29, 1.82) is 0 Å². The van der Waals surface area contributed by atoms with Crippen LogP contribution in [0.2, 0.25) is 0 Å². The molecule has 0 saturated carbocycles. The molecule has 1 aromatic rings. The summed E-state index contributed by atoms with van der Waals surface area (Å²) in [5, 5.41) is 3.15. The zero-order chi connectivity index (χ0) is 16.0. The largest absolute Gasteiger partial charge is 0.383 e. The predicted molar refractivity (Wildman–Crippen MR) is 91.3 cm³/mol. The molecule has 0 amide bonds. The van der Waals surface area contributed by atoms with Gasteiger partial charge in [0.2, 0.25) is 0 Å².